The van der Waals surface area contributed by atoms with Crippen molar-refractivity contribution in [1.29, 1.82) is 0 Å². The number of hydrogen-bond acceptors (Lipinski definition) is 2. The molecule has 86 valence electrons. The van der Waals surface area contributed by atoms with E-state index in [4.69, 9.17) is 5.73 Å². The van der Waals surface area contributed by atoms with Gasteiger partial charge < -0.3 is 5.73 Å². The summed E-state index contributed by atoms with van der Waals surface area (Å²) in [7, 11) is 0. The molecule has 0 spiro atoms. The van der Waals surface area contributed by atoms with Crippen molar-refractivity contribution >= 4 is 0 Å². The molecule has 2 aliphatic rings. The second-order valence-corrected chi connectivity index (χ2v) is 5.46. The summed E-state index contributed by atoms with van der Waals surface area (Å²) in [5, 5.41) is 0. The Morgan fingerprint density at radius 2 is 2.06 bits per heavy atom. The first-order valence-corrected chi connectivity index (χ1v) is 6.45. The smallest absolute Gasteiger partial charge is 0.0447 e. The molecule has 2 N–H and O–H groups in total. The zero-order valence-electron chi connectivity index (χ0n) is 9.84. The maximum atomic E-state index is 6.40. The summed E-state index contributed by atoms with van der Waals surface area (Å²) in [5.74, 6) is 3.07. The van der Waals surface area contributed by atoms with Crippen molar-refractivity contribution < 1.29 is 0 Å². The average Bonchev–Trinajstić information content (AvgIpc) is 2.81. The molecule has 1 aromatic rings. The molecule has 3 rings (SSSR count). The second kappa shape index (κ2) is 3.85. The minimum Gasteiger partial charge on any atom is -0.327 e. The predicted octanol–water partition coefficient (Wildman–Crippen LogP) is 2.56. The summed E-state index contributed by atoms with van der Waals surface area (Å²) in [4.78, 5) is 4.42. The van der Waals surface area contributed by atoms with Gasteiger partial charge in [0.1, 0.15) is 0 Å². The van der Waals surface area contributed by atoms with Crippen molar-refractivity contribution in [2.45, 2.75) is 38.1 Å². The highest BCUT2D eigenvalue weighted by molar-refractivity contribution is 5.16. The van der Waals surface area contributed by atoms with Gasteiger partial charge in [0, 0.05) is 23.9 Å². The van der Waals surface area contributed by atoms with Crippen LogP contribution < -0.4 is 5.73 Å². The van der Waals surface area contributed by atoms with E-state index in [2.05, 4.69) is 24.0 Å². The monoisotopic (exact) mass is 216 g/mol. The number of nitrogens with two attached hydrogens (primary N) is 1. The summed E-state index contributed by atoms with van der Waals surface area (Å²) in [6.45, 7) is 2.22. The Morgan fingerprint density at radius 3 is 2.69 bits per heavy atom. The summed E-state index contributed by atoms with van der Waals surface area (Å²) < 4.78 is 0. The fraction of sp³-hybridized carbons (Fsp3) is 0.643. The Hall–Kier alpha value is -0.890. The first-order chi connectivity index (χ1) is 7.79. The lowest BCUT2D eigenvalue weighted by atomic mass is 9.91. The topological polar surface area (TPSA) is 38.9 Å². The maximum absolute atomic E-state index is 6.40. The van der Waals surface area contributed by atoms with E-state index >= 15 is 0 Å². The van der Waals surface area contributed by atoms with Crippen molar-refractivity contribution in [3.05, 3.63) is 30.1 Å². The van der Waals surface area contributed by atoms with Gasteiger partial charge in [0.25, 0.3) is 0 Å². The van der Waals surface area contributed by atoms with E-state index in [-0.39, 0.29) is 0 Å². The molecular formula is C14H20N2. The molecule has 0 saturated heterocycles. The third-order valence-electron chi connectivity index (χ3n) is 4.65. The normalized spacial score (nSPS) is 35.5. The van der Waals surface area contributed by atoms with Crippen LogP contribution in [0.1, 0.15) is 37.8 Å². The number of hydrogen-bond donors (Lipinski definition) is 1. The van der Waals surface area contributed by atoms with Crippen molar-refractivity contribution in [1.82, 2.24) is 4.98 Å². The molecule has 2 aliphatic carbocycles. The first kappa shape index (κ1) is 10.3. The SMILES string of the molecule is CC(c1ccccn1)C(N)C1C2CCCC21. The highest BCUT2D eigenvalue weighted by Crippen LogP contribution is 2.59. The van der Waals surface area contributed by atoms with Gasteiger partial charge in [0.15, 0.2) is 0 Å². The fourth-order valence-corrected chi connectivity index (χ4v) is 3.62. The number of pyridine rings is 1. The van der Waals surface area contributed by atoms with Crippen LogP contribution >= 0.6 is 0 Å². The Bertz CT molecular complexity index is 352. The van der Waals surface area contributed by atoms with Gasteiger partial charge >= 0.3 is 0 Å². The molecule has 4 unspecified atom stereocenters. The number of fused-ring (bicyclic) bond motifs is 1. The molecule has 2 fully saturated rings. The molecule has 4 atom stereocenters. The van der Waals surface area contributed by atoms with Crippen molar-refractivity contribution in [3.8, 4) is 0 Å². The van der Waals surface area contributed by atoms with Gasteiger partial charge in [0.2, 0.25) is 0 Å². The lowest BCUT2D eigenvalue weighted by Gasteiger charge is -2.21. The van der Waals surface area contributed by atoms with Crippen molar-refractivity contribution in [2.24, 2.45) is 23.5 Å². The van der Waals surface area contributed by atoms with Crippen LogP contribution in [0.25, 0.3) is 0 Å². The van der Waals surface area contributed by atoms with Crippen LogP contribution in [0.2, 0.25) is 0 Å². The number of aromatic nitrogens is 1. The lowest BCUT2D eigenvalue weighted by Crippen LogP contribution is -2.31. The van der Waals surface area contributed by atoms with Gasteiger partial charge in [-0.2, -0.15) is 0 Å². The van der Waals surface area contributed by atoms with Gasteiger partial charge in [-0.15, -0.1) is 0 Å². The molecule has 0 radical (unpaired) electrons. The van der Waals surface area contributed by atoms with Gasteiger partial charge in [-0.25, -0.2) is 0 Å². The molecule has 1 aromatic heterocycles. The van der Waals surface area contributed by atoms with E-state index in [1.165, 1.54) is 19.3 Å². The van der Waals surface area contributed by atoms with Crippen LogP contribution in [0.4, 0.5) is 0 Å². The van der Waals surface area contributed by atoms with Gasteiger partial charge in [-0.3, -0.25) is 4.98 Å². The first-order valence-electron chi connectivity index (χ1n) is 6.45. The van der Waals surface area contributed by atoms with Crippen LogP contribution in [0.3, 0.4) is 0 Å². The Kier molecular flexibility index (Phi) is 2.47. The number of rotatable bonds is 3. The molecular weight excluding hydrogens is 196 g/mol. The average molecular weight is 216 g/mol. The Balaban J connectivity index is 1.69. The molecule has 0 amide bonds. The molecule has 2 saturated carbocycles. The van der Waals surface area contributed by atoms with E-state index < -0.39 is 0 Å². The molecule has 16 heavy (non-hydrogen) atoms. The van der Waals surface area contributed by atoms with E-state index in [1.54, 1.807) is 0 Å². The summed E-state index contributed by atoms with van der Waals surface area (Å²) >= 11 is 0. The Labute approximate surface area is 97.3 Å². The van der Waals surface area contributed by atoms with Crippen molar-refractivity contribution in [2.75, 3.05) is 0 Å². The largest absolute Gasteiger partial charge is 0.327 e. The number of nitrogens with zero attached hydrogens (tertiary/aromatic N) is 1. The van der Waals surface area contributed by atoms with Crippen LogP contribution in [0, 0.1) is 17.8 Å². The molecule has 0 aromatic carbocycles. The van der Waals surface area contributed by atoms with Gasteiger partial charge in [-0.05, 0) is 42.7 Å². The van der Waals surface area contributed by atoms with Crippen LogP contribution in [-0.2, 0) is 0 Å². The minimum atomic E-state index is 0.310. The highest BCUT2D eigenvalue weighted by Gasteiger charge is 2.55. The molecule has 1 heterocycles. The summed E-state index contributed by atoms with van der Waals surface area (Å²) in [6, 6.07) is 6.43. The van der Waals surface area contributed by atoms with E-state index in [9.17, 15) is 0 Å². The highest BCUT2D eigenvalue weighted by atomic mass is 14.8. The van der Waals surface area contributed by atoms with E-state index in [1.807, 2.05) is 12.3 Å². The van der Waals surface area contributed by atoms with Gasteiger partial charge in [-0.1, -0.05) is 19.4 Å². The Morgan fingerprint density at radius 1 is 1.31 bits per heavy atom. The van der Waals surface area contributed by atoms with E-state index in [0.717, 1.165) is 23.4 Å². The standard InChI is InChI=1S/C14H20N2/c1-9(12-7-2-3-8-16-12)14(15)13-10-5-4-6-11(10)13/h2-3,7-11,13-14H,4-6,15H2,1H3. The third-order valence-corrected chi connectivity index (χ3v) is 4.65. The molecule has 2 heteroatoms. The zero-order chi connectivity index (χ0) is 11.1. The molecule has 2 nitrogen and oxygen atoms in total. The zero-order valence-corrected chi connectivity index (χ0v) is 9.84. The van der Waals surface area contributed by atoms with Crippen LogP contribution in [0.15, 0.2) is 24.4 Å². The second-order valence-electron chi connectivity index (χ2n) is 5.46. The van der Waals surface area contributed by atoms with Gasteiger partial charge in [0.05, 0.1) is 0 Å². The summed E-state index contributed by atoms with van der Waals surface area (Å²) in [6.07, 6.45) is 6.12. The lowest BCUT2D eigenvalue weighted by molar-refractivity contribution is 0.432. The van der Waals surface area contributed by atoms with Crippen LogP contribution in [-0.4, -0.2) is 11.0 Å². The summed E-state index contributed by atoms with van der Waals surface area (Å²) in [5.41, 5.74) is 7.56. The van der Waals surface area contributed by atoms with Crippen molar-refractivity contribution in [3.63, 3.8) is 0 Å². The van der Waals surface area contributed by atoms with E-state index in [0.29, 0.717) is 12.0 Å². The minimum absolute atomic E-state index is 0.310. The molecule has 0 aliphatic heterocycles. The predicted molar refractivity (Wildman–Crippen MR) is 64.9 cm³/mol. The fourth-order valence-electron chi connectivity index (χ4n) is 3.62. The van der Waals surface area contributed by atoms with Crippen LogP contribution in [0.5, 0.6) is 0 Å². The quantitative estimate of drug-likeness (QED) is 0.843. The third kappa shape index (κ3) is 1.56. The maximum Gasteiger partial charge on any atom is 0.0447 e. The molecule has 0 bridgehead atoms.